The molecular formula is C29H26N4O6S. The van der Waals surface area contributed by atoms with Crippen molar-refractivity contribution in [2.45, 2.75) is 18.4 Å². The van der Waals surface area contributed by atoms with Crippen LogP contribution >= 0.6 is 0 Å². The van der Waals surface area contributed by atoms with Crippen molar-refractivity contribution in [3.63, 3.8) is 0 Å². The van der Waals surface area contributed by atoms with Crippen LogP contribution < -0.4 is 16.0 Å². The lowest BCUT2D eigenvalue weighted by molar-refractivity contribution is -0.119. The third-order valence-electron chi connectivity index (χ3n) is 5.76. The van der Waals surface area contributed by atoms with Crippen LogP contribution in [0.15, 0.2) is 102 Å². The number of anilines is 2. The molecule has 0 aliphatic heterocycles. The molecule has 0 saturated heterocycles. The molecule has 1 heterocycles. The van der Waals surface area contributed by atoms with Gasteiger partial charge in [-0.05, 0) is 64.7 Å². The lowest BCUT2D eigenvalue weighted by atomic mass is 10.0. The molecule has 4 N–H and O–H groups in total. The lowest BCUT2D eigenvalue weighted by Crippen LogP contribution is -2.18. The largest absolute Gasteiger partial charge is 0.465 e. The number of carboxylic acid groups (broad SMARTS) is 1. The van der Waals surface area contributed by atoms with E-state index in [4.69, 9.17) is 5.11 Å². The van der Waals surface area contributed by atoms with E-state index in [0.29, 0.717) is 17.7 Å². The molecular weight excluding hydrogens is 532 g/mol. The van der Waals surface area contributed by atoms with Gasteiger partial charge in [-0.25, -0.2) is 17.2 Å². The Morgan fingerprint density at radius 2 is 1.55 bits per heavy atom. The smallest absolute Gasteiger partial charge is 0.409 e. The average Bonchev–Trinajstić information content (AvgIpc) is 3.42. The Morgan fingerprint density at radius 3 is 2.25 bits per heavy atom. The number of aromatic nitrogens is 1. The number of rotatable bonds is 9. The summed E-state index contributed by atoms with van der Waals surface area (Å²) >= 11 is 0. The molecule has 0 aliphatic rings. The van der Waals surface area contributed by atoms with Crippen molar-refractivity contribution in [2.75, 3.05) is 10.6 Å². The highest BCUT2D eigenvalue weighted by atomic mass is 32.2. The SMILES string of the molecule is CC(=O)NCc1cccc(-c2cccc(S(=O)(=O)n3ccc(C=CC(=O)Nc4ccccc4NC(=O)O)c3)c2)c1. The molecule has 3 aromatic carbocycles. The Hall–Kier alpha value is -5.16. The summed E-state index contributed by atoms with van der Waals surface area (Å²) in [6.45, 7) is 1.81. The average molecular weight is 559 g/mol. The lowest BCUT2D eigenvalue weighted by Gasteiger charge is -2.10. The van der Waals surface area contributed by atoms with Gasteiger partial charge in [0.25, 0.3) is 10.0 Å². The van der Waals surface area contributed by atoms with Gasteiger partial charge in [0.1, 0.15) is 0 Å². The van der Waals surface area contributed by atoms with Crippen LogP contribution in [0.4, 0.5) is 16.2 Å². The predicted octanol–water partition coefficient (Wildman–Crippen LogP) is 4.77. The Bertz CT molecular complexity index is 1710. The summed E-state index contributed by atoms with van der Waals surface area (Å²) < 4.78 is 27.7. The first-order valence-electron chi connectivity index (χ1n) is 12.1. The van der Waals surface area contributed by atoms with Crippen molar-refractivity contribution in [2.24, 2.45) is 0 Å². The molecule has 0 radical (unpaired) electrons. The number of hydrogen-bond donors (Lipinski definition) is 4. The van der Waals surface area contributed by atoms with Crippen molar-refractivity contribution >= 4 is 45.4 Å². The maximum absolute atomic E-state index is 13.3. The number of amides is 3. The summed E-state index contributed by atoms with van der Waals surface area (Å²) in [5, 5.41) is 16.5. The van der Waals surface area contributed by atoms with Gasteiger partial charge in [0.05, 0.1) is 16.3 Å². The summed E-state index contributed by atoms with van der Waals surface area (Å²) in [7, 11) is -3.92. The van der Waals surface area contributed by atoms with E-state index in [0.717, 1.165) is 15.1 Å². The number of nitrogens with one attached hydrogen (secondary N) is 3. The first-order valence-corrected chi connectivity index (χ1v) is 13.5. The molecule has 4 aromatic rings. The summed E-state index contributed by atoms with van der Waals surface area (Å²) in [5.41, 5.74) is 3.36. The fourth-order valence-electron chi connectivity index (χ4n) is 3.85. The molecule has 0 atom stereocenters. The van der Waals surface area contributed by atoms with Crippen LogP contribution in [0.3, 0.4) is 0 Å². The number of nitrogens with zero attached hydrogens (tertiary/aromatic N) is 1. The Labute approximate surface area is 231 Å². The van der Waals surface area contributed by atoms with Crippen LogP contribution in [-0.2, 0) is 26.2 Å². The van der Waals surface area contributed by atoms with Crippen molar-refractivity contribution in [1.82, 2.24) is 9.29 Å². The molecule has 40 heavy (non-hydrogen) atoms. The van der Waals surface area contributed by atoms with Gasteiger partial charge in [0, 0.05) is 31.9 Å². The fraction of sp³-hybridized carbons (Fsp3) is 0.0690. The first-order chi connectivity index (χ1) is 19.1. The Kier molecular flexibility index (Phi) is 8.45. The number of para-hydroxylation sites is 2. The molecule has 4 rings (SSSR count). The van der Waals surface area contributed by atoms with E-state index >= 15 is 0 Å². The number of benzene rings is 3. The van der Waals surface area contributed by atoms with Gasteiger partial charge in [-0.2, -0.15) is 0 Å². The molecule has 1 aromatic heterocycles. The standard InChI is InChI=1S/C29H26N4O6S/c1-20(34)30-18-22-6-4-7-23(16-22)24-8-5-9-25(17-24)40(38,39)33-15-14-21(19-33)12-13-28(35)31-26-10-2-3-11-27(26)32-29(36)37/h2-17,19,32H,18H2,1H3,(H,30,34)(H,31,35)(H,36,37). The minimum absolute atomic E-state index is 0.0867. The van der Waals surface area contributed by atoms with Gasteiger partial charge in [-0.1, -0.05) is 42.5 Å². The van der Waals surface area contributed by atoms with Crippen LogP contribution in [0.1, 0.15) is 18.1 Å². The van der Waals surface area contributed by atoms with Gasteiger partial charge < -0.3 is 15.7 Å². The van der Waals surface area contributed by atoms with E-state index in [-0.39, 0.29) is 22.2 Å². The predicted molar refractivity (Wildman–Crippen MR) is 152 cm³/mol. The molecule has 3 amide bonds. The molecule has 0 aliphatic carbocycles. The van der Waals surface area contributed by atoms with Crippen molar-refractivity contribution in [3.05, 3.63) is 108 Å². The topological polar surface area (TPSA) is 147 Å². The second-order valence-corrected chi connectivity index (χ2v) is 10.6. The second-order valence-electron chi connectivity index (χ2n) is 8.72. The van der Waals surface area contributed by atoms with Gasteiger partial charge in [-0.3, -0.25) is 14.9 Å². The first kappa shape index (κ1) is 27.9. The van der Waals surface area contributed by atoms with Crippen LogP contribution in [0.5, 0.6) is 0 Å². The normalized spacial score (nSPS) is 11.2. The number of hydrogen-bond acceptors (Lipinski definition) is 5. The van der Waals surface area contributed by atoms with Crippen LogP contribution in [0.2, 0.25) is 0 Å². The number of carbonyl (C=O) groups excluding carboxylic acids is 2. The molecule has 10 nitrogen and oxygen atoms in total. The minimum Gasteiger partial charge on any atom is -0.465 e. The zero-order valence-electron chi connectivity index (χ0n) is 21.4. The van der Waals surface area contributed by atoms with E-state index < -0.39 is 22.0 Å². The van der Waals surface area contributed by atoms with Gasteiger partial charge in [-0.15, -0.1) is 0 Å². The minimum atomic E-state index is -3.92. The summed E-state index contributed by atoms with van der Waals surface area (Å²) in [4.78, 5) is 34.7. The third kappa shape index (κ3) is 7.03. The summed E-state index contributed by atoms with van der Waals surface area (Å²) in [5.74, 6) is -0.665. The maximum Gasteiger partial charge on any atom is 0.409 e. The van der Waals surface area contributed by atoms with E-state index in [9.17, 15) is 22.8 Å². The van der Waals surface area contributed by atoms with Gasteiger partial charge in [0.2, 0.25) is 11.8 Å². The Morgan fingerprint density at radius 1 is 0.875 bits per heavy atom. The summed E-state index contributed by atoms with van der Waals surface area (Å²) in [6, 6.07) is 21.9. The van der Waals surface area contributed by atoms with Crippen LogP contribution in [-0.4, -0.2) is 35.4 Å². The zero-order chi connectivity index (χ0) is 28.7. The quantitative estimate of drug-likeness (QED) is 0.218. The molecule has 0 spiro atoms. The highest BCUT2D eigenvalue weighted by molar-refractivity contribution is 7.90. The monoisotopic (exact) mass is 558 g/mol. The summed E-state index contributed by atoms with van der Waals surface area (Å²) in [6.07, 6.45) is 4.18. The maximum atomic E-state index is 13.3. The number of carbonyl (C=O) groups is 3. The van der Waals surface area contributed by atoms with Gasteiger partial charge in [0.15, 0.2) is 0 Å². The van der Waals surface area contributed by atoms with E-state index in [2.05, 4.69) is 16.0 Å². The van der Waals surface area contributed by atoms with Crippen LogP contribution in [0, 0.1) is 0 Å². The molecule has 0 unspecified atom stereocenters. The highest BCUT2D eigenvalue weighted by Crippen LogP contribution is 2.25. The third-order valence-corrected chi connectivity index (χ3v) is 7.39. The van der Waals surface area contributed by atoms with Crippen molar-refractivity contribution in [3.8, 4) is 11.1 Å². The zero-order valence-corrected chi connectivity index (χ0v) is 22.2. The molecule has 204 valence electrons. The van der Waals surface area contributed by atoms with Crippen molar-refractivity contribution in [1.29, 1.82) is 0 Å². The van der Waals surface area contributed by atoms with E-state index in [1.54, 1.807) is 36.4 Å². The molecule has 0 fully saturated rings. The van der Waals surface area contributed by atoms with Crippen LogP contribution in [0.25, 0.3) is 17.2 Å². The second kappa shape index (κ2) is 12.1. The van der Waals surface area contributed by atoms with E-state index in [1.165, 1.54) is 43.6 Å². The Balaban J connectivity index is 1.49. The van der Waals surface area contributed by atoms with Gasteiger partial charge >= 0.3 is 6.09 Å². The fourth-order valence-corrected chi connectivity index (χ4v) is 5.10. The van der Waals surface area contributed by atoms with Crippen molar-refractivity contribution < 1.29 is 27.9 Å². The van der Waals surface area contributed by atoms with E-state index in [1.807, 2.05) is 30.3 Å². The highest BCUT2D eigenvalue weighted by Gasteiger charge is 2.17. The molecule has 0 bridgehead atoms. The molecule has 11 heteroatoms. The molecule has 0 saturated carbocycles.